The Hall–Kier alpha value is -1.18. The number of rotatable bonds is 5. The fraction of sp³-hybridized carbons (Fsp3) is 0.588. The second-order valence-electron chi connectivity index (χ2n) is 6.59. The maximum Gasteiger partial charge on any atom is 0.238 e. The van der Waals surface area contributed by atoms with E-state index in [1.165, 1.54) is 0 Å². The molecule has 2 saturated heterocycles. The van der Waals surface area contributed by atoms with Crippen LogP contribution in [-0.4, -0.2) is 68.1 Å². The number of nitrogens with zero attached hydrogens (tertiary/aromatic N) is 2. The summed E-state index contributed by atoms with van der Waals surface area (Å²) in [4.78, 5) is 17.1. The zero-order chi connectivity index (χ0) is 16.9. The third-order valence-corrected chi connectivity index (χ3v) is 5.17. The van der Waals surface area contributed by atoms with Gasteiger partial charge in [-0.15, -0.1) is 0 Å². The van der Waals surface area contributed by atoms with E-state index in [0.29, 0.717) is 13.0 Å². The van der Waals surface area contributed by atoms with Gasteiger partial charge in [-0.3, -0.25) is 9.69 Å². The first-order valence-corrected chi connectivity index (χ1v) is 8.95. The van der Waals surface area contributed by atoms with E-state index in [2.05, 4.69) is 33.0 Å². The summed E-state index contributed by atoms with van der Waals surface area (Å²) in [6.07, 6.45) is 0.698. The number of nitrogens with one attached hydrogen (secondary N) is 3. The van der Waals surface area contributed by atoms with Crippen molar-refractivity contribution in [3.63, 3.8) is 0 Å². The number of piperazine rings is 1. The normalized spacial score (nSPS) is 25.8. The fourth-order valence-corrected chi connectivity index (χ4v) is 3.49. The number of carbonyl (C=O) groups excluding carboxylic acids is 1. The summed E-state index contributed by atoms with van der Waals surface area (Å²) in [5.41, 5.74) is 7.29. The largest absolute Gasteiger partial charge is 0.353 e. The summed E-state index contributed by atoms with van der Waals surface area (Å²) in [7, 11) is 2.15. The van der Waals surface area contributed by atoms with Crippen LogP contribution in [0.2, 0.25) is 5.02 Å². The number of carbonyl (C=O) groups is 1. The highest BCUT2D eigenvalue weighted by Crippen LogP contribution is 2.28. The Labute approximate surface area is 148 Å². The minimum atomic E-state index is -0.223. The molecule has 1 amide bonds. The van der Waals surface area contributed by atoms with Crippen molar-refractivity contribution >= 4 is 17.5 Å². The Bertz CT molecular complexity index is 562. The van der Waals surface area contributed by atoms with Crippen molar-refractivity contribution in [2.75, 3.05) is 46.3 Å². The molecule has 7 heteroatoms. The van der Waals surface area contributed by atoms with Crippen molar-refractivity contribution in [2.45, 2.75) is 18.5 Å². The van der Waals surface area contributed by atoms with E-state index in [0.717, 1.165) is 43.3 Å². The van der Waals surface area contributed by atoms with Gasteiger partial charge in [0.15, 0.2) is 0 Å². The molecule has 0 spiro atoms. The van der Waals surface area contributed by atoms with Gasteiger partial charge < -0.3 is 10.2 Å². The lowest BCUT2D eigenvalue weighted by molar-refractivity contribution is -0.122. The van der Waals surface area contributed by atoms with Gasteiger partial charge in [0.25, 0.3) is 0 Å². The van der Waals surface area contributed by atoms with Crippen molar-refractivity contribution in [3.05, 3.63) is 34.9 Å². The maximum atomic E-state index is 12.3. The highest BCUT2D eigenvalue weighted by atomic mass is 35.5. The molecule has 132 valence electrons. The Morgan fingerprint density at radius 3 is 2.75 bits per heavy atom. The maximum absolute atomic E-state index is 12.3. The molecule has 0 radical (unpaired) electrons. The lowest BCUT2D eigenvalue weighted by atomic mass is 10.0. The Morgan fingerprint density at radius 1 is 1.25 bits per heavy atom. The first-order valence-electron chi connectivity index (χ1n) is 8.57. The molecule has 2 unspecified atom stereocenters. The molecule has 3 rings (SSSR count). The first kappa shape index (κ1) is 17.6. The lowest BCUT2D eigenvalue weighted by Gasteiger charge is -2.32. The first-order chi connectivity index (χ1) is 11.6. The Morgan fingerprint density at radius 2 is 2.00 bits per heavy atom. The average Bonchev–Trinajstić information content (AvgIpc) is 3.07. The molecule has 0 saturated carbocycles. The topological polar surface area (TPSA) is 59.6 Å². The van der Waals surface area contributed by atoms with E-state index in [-0.39, 0.29) is 18.0 Å². The predicted molar refractivity (Wildman–Crippen MR) is 95.8 cm³/mol. The van der Waals surface area contributed by atoms with Crippen LogP contribution < -0.4 is 16.2 Å². The van der Waals surface area contributed by atoms with Gasteiger partial charge in [-0.2, -0.15) is 0 Å². The molecule has 0 aromatic heterocycles. The van der Waals surface area contributed by atoms with E-state index >= 15 is 0 Å². The van der Waals surface area contributed by atoms with Gasteiger partial charge in [-0.1, -0.05) is 29.8 Å². The Balaban J connectivity index is 1.41. The van der Waals surface area contributed by atoms with Gasteiger partial charge in [0.05, 0.1) is 0 Å². The van der Waals surface area contributed by atoms with Crippen LogP contribution in [-0.2, 0) is 4.79 Å². The van der Waals surface area contributed by atoms with Gasteiger partial charge in [0.2, 0.25) is 5.91 Å². The molecule has 24 heavy (non-hydrogen) atoms. The highest BCUT2D eigenvalue weighted by Gasteiger charge is 2.30. The van der Waals surface area contributed by atoms with E-state index in [4.69, 9.17) is 11.6 Å². The molecule has 6 nitrogen and oxygen atoms in total. The molecular weight excluding hydrogens is 326 g/mol. The number of amides is 1. The molecule has 2 aliphatic heterocycles. The van der Waals surface area contributed by atoms with Crippen LogP contribution in [0.3, 0.4) is 0 Å². The summed E-state index contributed by atoms with van der Waals surface area (Å²) < 4.78 is 0. The summed E-state index contributed by atoms with van der Waals surface area (Å²) in [5.74, 6) is 0.0474. The summed E-state index contributed by atoms with van der Waals surface area (Å²) in [6, 6.07) is 7.59. The second-order valence-corrected chi connectivity index (χ2v) is 6.99. The fourth-order valence-electron chi connectivity index (χ4n) is 3.22. The van der Waals surface area contributed by atoms with Crippen LogP contribution in [0.5, 0.6) is 0 Å². The molecule has 1 aromatic carbocycles. The minimum Gasteiger partial charge on any atom is -0.353 e. The van der Waals surface area contributed by atoms with Crippen LogP contribution >= 0.6 is 11.6 Å². The van der Waals surface area contributed by atoms with Crippen molar-refractivity contribution in [1.29, 1.82) is 0 Å². The van der Waals surface area contributed by atoms with Gasteiger partial charge >= 0.3 is 0 Å². The number of halogens is 1. The lowest BCUT2D eigenvalue weighted by Crippen LogP contribution is -2.49. The predicted octanol–water partition coefficient (Wildman–Crippen LogP) is 0.611. The van der Waals surface area contributed by atoms with E-state index in [9.17, 15) is 4.79 Å². The van der Waals surface area contributed by atoms with Crippen LogP contribution in [0.1, 0.15) is 18.0 Å². The van der Waals surface area contributed by atoms with Crippen molar-refractivity contribution in [1.82, 2.24) is 26.0 Å². The molecule has 2 heterocycles. The van der Waals surface area contributed by atoms with E-state index < -0.39 is 0 Å². The summed E-state index contributed by atoms with van der Waals surface area (Å²) >= 11 is 6.23. The molecule has 3 N–H and O–H groups in total. The number of hydrazine groups is 1. The number of hydrogen-bond acceptors (Lipinski definition) is 5. The number of benzene rings is 1. The monoisotopic (exact) mass is 351 g/mol. The van der Waals surface area contributed by atoms with Crippen LogP contribution in [0.15, 0.2) is 24.3 Å². The zero-order valence-corrected chi connectivity index (χ0v) is 14.9. The van der Waals surface area contributed by atoms with Crippen molar-refractivity contribution in [2.24, 2.45) is 0 Å². The molecule has 2 fully saturated rings. The standard InChI is InChI=1S/C17H26ClN5O/c1-22-8-10-23(11-9-22)7-6-19-17(24)16-12-15(20-21-16)13-4-2-3-5-14(13)18/h2-5,15-16,20-21H,6-12H2,1H3,(H,19,24). The van der Waals surface area contributed by atoms with E-state index in [1.807, 2.05) is 24.3 Å². The van der Waals surface area contributed by atoms with Gasteiger partial charge in [0, 0.05) is 50.3 Å². The van der Waals surface area contributed by atoms with E-state index in [1.54, 1.807) is 0 Å². The third kappa shape index (κ3) is 4.46. The molecular formula is C17H26ClN5O. The van der Waals surface area contributed by atoms with Crippen LogP contribution in [0.4, 0.5) is 0 Å². The quantitative estimate of drug-likeness (QED) is 0.725. The van der Waals surface area contributed by atoms with Crippen molar-refractivity contribution < 1.29 is 4.79 Å². The number of hydrogen-bond donors (Lipinski definition) is 3. The number of likely N-dealkylation sites (N-methyl/N-ethyl adjacent to an activating group) is 1. The van der Waals surface area contributed by atoms with Gasteiger partial charge in [-0.25, -0.2) is 10.9 Å². The zero-order valence-electron chi connectivity index (χ0n) is 14.1. The minimum absolute atomic E-state index is 0.0474. The molecule has 1 aromatic rings. The third-order valence-electron chi connectivity index (χ3n) is 4.82. The average molecular weight is 352 g/mol. The molecule has 0 aliphatic carbocycles. The SMILES string of the molecule is CN1CCN(CCNC(=O)C2CC(c3ccccc3Cl)NN2)CC1. The smallest absolute Gasteiger partial charge is 0.238 e. The Kier molecular flexibility index (Phi) is 6.08. The molecule has 0 bridgehead atoms. The molecule has 2 aliphatic rings. The van der Waals surface area contributed by atoms with Gasteiger partial charge in [-0.05, 0) is 25.1 Å². The highest BCUT2D eigenvalue weighted by molar-refractivity contribution is 6.31. The van der Waals surface area contributed by atoms with Crippen LogP contribution in [0, 0.1) is 0 Å². The second kappa shape index (κ2) is 8.27. The van der Waals surface area contributed by atoms with Crippen molar-refractivity contribution in [3.8, 4) is 0 Å². The van der Waals surface area contributed by atoms with Crippen LogP contribution in [0.25, 0.3) is 0 Å². The molecule has 2 atom stereocenters. The summed E-state index contributed by atoms with van der Waals surface area (Å²) in [5, 5.41) is 3.77. The summed E-state index contributed by atoms with van der Waals surface area (Å²) in [6.45, 7) is 5.95. The van der Waals surface area contributed by atoms with Gasteiger partial charge in [0.1, 0.15) is 6.04 Å².